The smallest absolute Gasteiger partial charge is 0.182 e. The van der Waals surface area contributed by atoms with E-state index >= 15 is 0 Å². The van der Waals surface area contributed by atoms with Crippen molar-refractivity contribution in [3.8, 4) is 0 Å². The minimum absolute atomic E-state index is 0.541. The zero-order chi connectivity index (χ0) is 9.10. The molecule has 0 saturated carbocycles. The second kappa shape index (κ2) is 3.53. The van der Waals surface area contributed by atoms with Crippen LogP contribution in [0.5, 0.6) is 0 Å². The van der Waals surface area contributed by atoms with Crippen LogP contribution in [0.25, 0.3) is 5.70 Å². The van der Waals surface area contributed by atoms with Crippen LogP contribution in [0.3, 0.4) is 0 Å². The first-order chi connectivity index (χ1) is 6.36. The summed E-state index contributed by atoms with van der Waals surface area (Å²) in [4.78, 5) is 0. The van der Waals surface area contributed by atoms with Crippen molar-refractivity contribution in [2.75, 3.05) is 0 Å². The molecule has 2 rings (SSSR count). The molecule has 1 aliphatic rings. The molecule has 0 radical (unpaired) electrons. The Balaban J connectivity index is 2.21. The predicted octanol–water partition coefficient (Wildman–Crippen LogP) is 1.55. The standard InChI is InChI=1S/C9H9N3S/c10-9-12-11-8(6-13-9)7-4-2-1-3-5-7/h1-6,11H,(H2,10,12). The van der Waals surface area contributed by atoms with E-state index < -0.39 is 0 Å². The molecule has 0 spiro atoms. The third-order valence-corrected chi connectivity index (χ3v) is 2.36. The van der Waals surface area contributed by atoms with E-state index in [9.17, 15) is 0 Å². The lowest BCUT2D eigenvalue weighted by atomic mass is 10.2. The summed E-state index contributed by atoms with van der Waals surface area (Å²) < 4.78 is 0. The largest absolute Gasteiger partial charge is 0.377 e. The van der Waals surface area contributed by atoms with Gasteiger partial charge in [0.05, 0.1) is 5.70 Å². The van der Waals surface area contributed by atoms with Crippen molar-refractivity contribution in [3.05, 3.63) is 41.3 Å². The molecule has 1 aromatic rings. The molecule has 0 bridgehead atoms. The number of nitrogens with one attached hydrogen (secondary N) is 1. The Bertz CT molecular complexity index is 356. The maximum absolute atomic E-state index is 5.48. The summed E-state index contributed by atoms with van der Waals surface area (Å²) in [5.74, 6) is 0. The molecule has 0 amide bonds. The first kappa shape index (κ1) is 8.19. The molecule has 0 saturated heterocycles. The molecule has 66 valence electrons. The highest BCUT2D eigenvalue weighted by atomic mass is 32.2. The van der Waals surface area contributed by atoms with Crippen LogP contribution in [0.4, 0.5) is 0 Å². The maximum Gasteiger partial charge on any atom is 0.182 e. The number of hydrogen-bond donors (Lipinski definition) is 2. The van der Waals surface area contributed by atoms with Crippen molar-refractivity contribution in [2.45, 2.75) is 0 Å². The van der Waals surface area contributed by atoms with Gasteiger partial charge < -0.3 is 5.73 Å². The zero-order valence-corrected chi connectivity index (χ0v) is 7.71. The number of thioether (sulfide) groups is 1. The molecular formula is C9H9N3S. The van der Waals surface area contributed by atoms with Crippen LogP contribution in [0, 0.1) is 0 Å². The van der Waals surface area contributed by atoms with Crippen LogP contribution in [0.15, 0.2) is 40.8 Å². The highest BCUT2D eigenvalue weighted by Gasteiger charge is 2.04. The van der Waals surface area contributed by atoms with Gasteiger partial charge in [-0.3, -0.25) is 5.43 Å². The van der Waals surface area contributed by atoms with Crippen molar-refractivity contribution in [2.24, 2.45) is 10.8 Å². The average Bonchev–Trinajstić information content (AvgIpc) is 2.20. The van der Waals surface area contributed by atoms with Gasteiger partial charge in [-0.2, -0.15) is 5.10 Å². The Labute approximate surface area is 80.7 Å². The van der Waals surface area contributed by atoms with Crippen molar-refractivity contribution in [1.29, 1.82) is 0 Å². The molecule has 1 heterocycles. The molecule has 0 aromatic heterocycles. The molecule has 3 N–H and O–H groups in total. The van der Waals surface area contributed by atoms with E-state index in [1.807, 2.05) is 35.7 Å². The van der Waals surface area contributed by atoms with Gasteiger partial charge in [-0.25, -0.2) is 0 Å². The summed E-state index contributed by atoms with van der Waals surface area (Å²) in [7, 11) is 0. The second-order valence-corrected chi connectivity index (χ2v) is 3.47. The first-order valence-corrected chi connectivity index (χ1v) is 4.75. The molecule has 0 unspecified atom stereocenters. The molecular weight excluding hydrogens is 182 g/mol. The number of benzene rings is 1. The highest BCUT2D eigenvalue weighted by molar-refractivity contribution is 8.16. The number of amidine groups is 1. The van der Waals surface area contributed by atoms with E-state index in [4.69, 9.17) is 5.73 Å². The highest BCUT2D eigenvalue weighted by Crippen LogP contribution is 2.18. The zero-order valence-electron chi connectivity index (χ0n) is 6.90. The van der Waals surface area contributed by atoms with Gasteiger partial charge in [-0.1, -0.05) is 42.1 Å². The van der Waals surface area contributed by atoms with Crippen LogP contribution in [-0.4, -0.2) is 5.17 Å². The lowest BCUT2D eigenvalue weighted by Crippen LogP contribution is -2.17. The number of nitrogens with two attached hydrogens (primary N) is 1. The van der Waals surface area contributed by atoms with E-state index in [1.165, 1.54) is 11.8 Å². The lowest BCUT2D eigenvalue weighted by molar-refractivity contribution is 0.992. The minimum Gasteiger partial charge on any atom is -0.377 e. The topological polar surface area (TPSA) is 50.4 Å². The molecule has 4 heteroatoms. The average molecular weight is 191 g/mol. The van der Waals surface area contributed by atoms with Crippen molar-refractivity contribution in [3.63, 3.8) is 0 Å². The number of nitrogens with zero attached hydrogens (tertiary/aromatic N) is 1. The van der Waals surface area contributed by atoms with Gasteiger partial charge in [0, 0.05) is 11.0 Å². The third kappa shape index (κ3) is 1.84. The normalized spacial score (nSPS) is 15.7. The first-order valence-electron chi connectivity index (χ1n) is 3.88. The summed E-state index contributed by atoms with van der Waals surface area (Å²) in [5.41, 5.74) is 10.5. The molecule has 1 aliphatic heterocycles. The Morgan fingerprint density at radius 2 is 2.00 bits per heavy atom. The van der Waals surface area contributed by atoms with E-state index in [0.717, 1.165) is 11.3 Å². The van der Waals surface area contributed by atoms with Gasteiger partial charge in [0.15, 0.2) is 5.17 Å². The van der Waals surface area contributed by atoms with Gasteiger partial charge in [0.25, 0.3) is 0 Å². The van der Waals surface area contributed by atoms with E-state index in [0.29, 0.717) is 5.17 Å². The number of rotatable bonds is 1. The molecule has 13 heavy (non-hydrogen) atoms. The monoisotopic (exact) mass is 191 g/mol. The van der Waals surface area contributed by atoms with Crippen molar-refractivity contribution in [1.82, 2.24) is 5.43 Å². The Hall–Kier alpha value is -1.42. The third-order valence-electron chi connectivity index (χ3n) is 1.67. The number of hydrazone groups is 1. The van der Waals surface area contributed by atoms with Gasteiger partial charge >= 0.3 is 0 Å². The Kier molecular flexibility index (Phi) is 2.23. The Morgan fingerprint density at radius 3 is 2.62 bits per heavy atom. The second-order valence-electron chi connectivity index (χ2n) is 2.58. The maximum atomic E-state index is 5.48. The van der Waals surface area contributed by atoms with E-state index in [2.05, 4.69) is 10.5 Å². The predicted molar refractivity (Wildman–Crippen MR) is 56.8 cm³/mol. The van der Waals surface area contributed by atoms with Crippen LogP contribution >= 0.6 is 11.8 Å². The SMILES string of the molecule is NC1=NNC(c2ccccc2)=CS1. The van der Waals surface area contributed by atoms with Crippen LogP contribution in [0.2, 0.25) is 0 Å². The fourth-order valence-electron chi connectivity index (χ4n) is 1.04. The quantitative estimate of drug-likeness (QED) is 0.708. The van der Waals surface area contributed by atoms with Crippen molar-refractivity contribution >= 4 is 22.6 Å². The number of hydrogen-bond acceptors (Lipinski definition) is 4. The summed E-state index contributed by atoms with van der Waals surface area (Å²) >= 11 is 1.42. The van der Waals surface area contributed by atoms with Crippen LogP contribution < -0.4 is 11.2 Å². The van der Waals surface area contributed by atoms with Gasteiger partial charge in [-0.05, 0) is 0 Å². The minimum atomic E-state index is 0.541. The molecule has 0 atom stereocenters. The van der Waals surface area contributed by atoms with Gasteiger partial charge in [-0.15, -0.1) is 0 Å². The fraction of sp³-hybridized carbons (Fsp3) is 0. The fourth-order valence-corrected chi connectivity index (χ4v) is 1.56. The summed E-state index contributed by atoms with van der Waals surface area (Å²) in [6.07, 6.45) is 0. The molecule has 1 aromatic carbocycles. The van der Waals surface area contributed by atoms with Crippen LogP contribution in [0.1, 0.15) is 5.56 Å². The lowest BCUT2D eigenvalue weighted by Gasteiger charge is -2.11. The summed E-state index contributed by atoms with van der Waals surface area (Å²) in [6.45, 7) is 0. The van der Waals surface area contributed by atoms with Crippen molar-refractivity contribution < 1.29 is 0 Å². The molecule has 0 fully saturated rings. The molecule has 0 aliphatic carbocycles. The van der Waals surface area contributed by atoms with Crippen LogP contribution in [-0.2, 0) is 0 Å². The Morgan fingerprint density at radius 1 is 1.23 bits per heavy atom. The summed E-state index contributed by atoms with van der Waals surface area (Å²) in [5, 5.41) is 6.42. The van der Waals surface area contributed by atoms with E-state index in [-0.39, 0.29) is 0 Å². The van der Waals surface area contributed by atoms with E-state index in [1.54, 1.807) is 0 Å². The summed E-state index contributed by atoms with van der Waals surface area (Å²) in [6, 6.07) is 10.0. The van der Waals surface area contributed by atoms with Gasteiger partial charge in [0.1, 0.15) is 0 Å². The molecule has 3 nitrogen and oxygen atoms in total. The van der Waals surface area contributed by atoms with Gasteiger partial charge in [0.2, 0.25) is 0 Å².